The molecule has 2 aromatic carbocycles. The second kappa shape index (κ2) is 7.23. The summed E-state index contributed by atoms with van der Waals surface area (Å²) in [5.41, 5.74) is 6.48. The molecule has 0 bridgehead atoms. The second-order valence-corrected chi connectivity index (χ2v) is 10.2. The van der Waals surface area contributed by atoms with E-state index in [-0.39, 0.29) is 39.2 Å². The number of nitrogens with zero attached hydrogens (tertiary/aromatic N) is 1. The summed E-state index contributed by atoms with van der Waals surface area (Å²) in [6.45, 7) is 6.01. The predicted octanol–water partition coefficient (Wildman–Crippen LogP) is 4.03. The topological polar surface area (TPSA) is 122 Å². The predicted molar refractivity (Wildman–Crippen MR) is 122 cm³/mol. The third-order valence-corrected chi connectivity index (χ3v) is 7.26. The third-order valence-electron chi connectivity index (χ3n) is 5.95. The van der Waals surface area contributed by atoms with Crippen LogP contribution in [0, 0.1) is 5.92 Å². The fourth-order valence-corrected chi connectivity index (χ4v) is 5.30. The summed E-state index contributed by atoms with van der Waals surface area (Å²) in [4.78, 5) is 13.7. The zero-order valence-electron chi connectivity index (χ0n) is 17.6. The molecule has 0 radical (unpaired) electrons. The maximum absolute atomic E-state index is 13.8. The van der Waals surface area contributed by atoms with E-state index in [1.165, 1.54) is 12.1 Å². The molecule has 0 spiro atoms. The number of hydrogen-bond acceptors (Lipinski definition) is 6. The highest BCUT2D eigenvalue weighted by molar-refractivity contribution is 7.90. The van der Waals surface area contributed by atoms with E-state index in [9.17, 15) is 18.3 Å². The van der Waals surface area contributed by atoms with Crippen molar-refractivity contribution in [2.45, 2.75) is 43.9 Å². The van der Waals surface area contributed by atoms with Gasteiger partial charge >= 0.3 is 0 Å². The molecule has 31 heavy (non-hydrogen) atoms. The second-order valence-electron chi connectivity index (χ2n) is 8.66. The van der Waals surface area contributed by atoms with Crippen LogP contribution in [-0.2, 0) is 20.2 Å². The molecule has 2 aliphatic rings. The van der Waals surface area contributed by atoms with Crippen molar-refractivity contribution in [3.05, 3.63) is 59.2 Å². The highest BCUT2D eigenvalue weighted by Crippen LogP contribution is 2.44. The van der Waals surface area contributed by atoms with Crippen LogP contribution in [0.4, 0.5) is 11.4 Å². The van der Waals surface area contributed by atoms with E-state index in [1.807, 2.05) is 19.1 Å². The molecule has 4 rings (SSSR count). The molecule has 162 valence electrons. The summed E-state index contributed by atoms with van der Waals surface area (Å²) in [6.07, 6.45) is 1.36. The molecule has 1 aliphatic carbocycles. The molecular weight excluding hydrogens is 414 g/mol. The monoisotopic (exact) mass is 439 g/mol. The van der Waals surface area contributed by atoms with Gasteiger partial charge in [0.05, 0.1) is 11.1 Å². The number of Topliss-reactive ketones (excluding diaryl/α,β-unsaturated/α-hetero) is 1. The lowest BCUT2D eigenvalue weighted by Gasteiger charge is -2.36. The quantitative estimate of drug-likeness (QED) is 0.619. The Morgan fingerprint density at radius 2 is 1.90 bits per heavy atom. The van der Waals surface area contributed by atoms with Crippen LogP contribution in [0.15, 0.2) is 57.3 Å². The van der Waals surface area contributed by atoms with Gasteiger partial charge in [-0.15, -0.1) is 4.40 Å². The lowest BCUT2D eigenvalue weighted by molar-refractivity contribution is -0.120. The van der Waals surface area contributed by atoms with E-state index in [4.69, 9.17) is 5.73 Å². The fourth-order valence-electron chi connectivity index (χ4n) is 4.14. The maximum atomic E-state index is 13.8. The van der Waals surface area contributed by atoms with Crippen molar-refractivity contribution in [3.8, 4) is 0 Å². The number of carbonyl (C=O) groups excluding carboxylic acids is 1. The van der Waals surface area contributed by atoms with Crippen LogP contribution in [0.25, 0.3) is 5.76 Å². The highest BCUT2D eigenvalue weighted by atomic mass is 32.2. The number of hydrogen-bond donors (Lipinski definition) is 3. The molecule has 7 nitrogen and oxygen atoms in total. The number of fused-ring (bicyclic) bond motifs is 2. The van der Waals surface area contributed by atoms with Crippen molar-refractivity contribution in [2.75, 3.05) is 11.1 Å². The summed E-state index contributed by atoms with van der Waals surface area (Å²) in [5, 5.41) is 14.0. The fraction of sp³-hybridized carbons (Fsp3) is 0.304. The Morgan fingerprint density at radius 1 is 1.19 bits per heavy atom. The summed E-state index contributed by atoms with van der Waals surface area (Å²) in [6, 6.07) is 11.6. The standard InChI is InChI=1S/C23H25N3O4S/c1-13(2)10-11-23(3)16-7-5-4-6-15(16)20(27)19(21(23)28)22-25-17-9-8-14(24)12-18(17)31(29,30)26-22/h4-9,12-13,27H,10-11,24H2,1-3H3,(H,25,26)/t23-/m0/s1. The van der Waals surface area contributed by atoms with Gasteiger partial charge in [0.15, 0.2) is 11.6 Å². The first kappa shape index (κ1) is 21.1. The Labute approximate surface area is 181 Å². The molecule has 1 atom stereocenters. The number of benzene rings is 2. The SMILES string of the molecule is CC(C)CC[C@]1(C)C(=O)C(C2=NS(=O)(=O)c3cc(N)ccc3N2)=C(O)c2ccccc21. The van der Waals surface area contributed by atoms with Crippen molar-refractivity contribution < 1.29 is 18.3 Å². The van der Waals surface area contributed by atoms with Crippen LogP contribution >= 0.6 is 0 Å². The van der Waals surface area contributed by atoms with Gasteiger partial charge in [0.25, 0.3) is 10.0 Å². The number of rotatable bonds is 4. The molecule has 4 N–H and O–H groups in total. The number of nitrogens with one attached hydrogen (secondary N) is 1. The molecular formula is C23H25N3O4S. The Morgan fingerprint density at radius 3 is 2.61 bits per heavy atom. The van der Waals surface area contributed by atoms with Crippen LogP contribution in [-0.4, -0.2) is 25.1 Å². The first-order valence-electron chi connectivity index (χ1n) is 10.1. The largest absolute Gasteiger partial charge is 0.506 e. The van der Waals surface area contributed by atoms with E-state index < -0.39 is 15.4 Å². The number of nitrogens with two attached hydrogens (primary N) is 1. The molecule has 0 unspecified atom stereocenters. The Bertz CT molecular complexity index is 1260. The molecule has 8 heteroatoms. The van der Waals surface area contributed by atoms with Crippen LogP contribution in [0.5, 0.6) is 0 Å². The molecule has 2 aromatic rings. The Kier molecular flexibility index (Phi) is 4.93. The molecule has 0 saturated heterocycles. The number of aliphatic hydroxyl groups is 1. The molecule has 0 saturated carbocycles. The van der Waals surface area contributed by atoms with E-state index in [2.05, 4.69) is 23.6 Å². The van der Waals surface area contributed by atoms with E-state index >= 15 is 0 Å². The number of carbonyl (C=O) groups is 1. The van der Waals surface area contributed by atoms with Crippen LogP contribution < -0.4 is 11.1 Å². The minimum atomic E-state index is -4.10. The summed E-state index contributed by atoms with van der Waals surface area (Å²) < 4.78 is 29.5. The summed E-state index contributed by atoms with van der Waals surface area (Å²) >= 11 is 0. The van der Waals surface area contributed by atoms with E-state index in [0.717, 1.165) is 12.0 Å². The third kappa shape index (κ3) is 3.40. The van der Waals surface area contributed by atoms with Gasteiger partial charge in [0.1, 0.15) is 16.2 Å². The lowest BCUT2D eigenvalue weighted by atomic mass is 9.66. The Balaban J connectivity index is 1.90. The highest BCUT2D eigenvalue weighted by Gasteiger charge is 2.46. The number of anilines is 2. The van der Waals surface area contributed by atoms with Crippen molar-refractivity contribution in [3.63, 3.8) is 0 Å². The van der Waals surface area contributed by atoms with Gasteiger partial charge in [0.2, 0.25) is 0 Å². The first-order chi connectivity index (χ1) is 14.5. The Hall–Kier alpha value is -3.13. The first-order valence-corrected chi connectivity index (χ1v) is 11.6. The molecule has 0 fully saturated rings. The van der Waals surface area contributed by atoms with Gasteiger partial charge < -0.3 is 16.2 Å². The normalized spacial score (nSPS) is 21.9. The van der Waals surface area contributed by atoms with Crippen molar-refractivity contribution in [2.24, 2.45) is 10.3 Å². The molecule has 1 aliphatic heterocycles. The molecule has 0 aromatic heterocycles. The zero-order chi connectivity index (χ0) is 22.6. The van der Waals surface area contributed by atoms with Crippen LogP contribution in [0.3, 0.4) is 0 Å². The number of aliphatic hydroxyl groups excluding tert-OH is 1. The van der Waals surface area contributed by atoms with Crippen LogP contribution in [0.2, 0.25) is 0 Å². The lowest BCUT2D eigenvalue weighted by Crippen LogP contribution is -2.42. The number of ketones is 1. The van der Waals surface area contributed by atoms with Gasteiger partial charge in [-0.2, -0.15) is 8.42 Å². The number of sulfonamides is 1. The molecule has 0 amide bonds. The molecule has 1 heterocycles. The minimum Gasteiger partial charge on any atom is -0.506 e. The van der Waals surface area contributed by atoms with E-state index in [1.54, 1.807) is 18.2 Å². The van der Waals surface area contributed by atoms with Crippen molar-refractivity contribution >= 4 is 38.8 Å². The minimum absolute atomic E-state index is 0.0671. The maximum Gasteiger partial charge on any atom is 0.286 e. The zero-order valence-corrected chi connectivity index (χ0v) is 18.5. The smallest absolute Gasteiger partial charge is 0.286 e. The van der Waals surface area contributed by atoms with Gasteiger partial charge in [-0.05, 0) is 49.4 Å². The van der Waals surface area contributed by atoms with Crippen molar-refractivity contribution in [1.82, 2.24) is 0 Å². The summed E-state index contributed by atoms with van der Waals surface area (Å²) in [7, 11) is -4.10. The van der Waals surface area contributed by atoms with Gasteiger partial charge in [-0.25, -0.2) is 0 Å². The van der Waals surface area contributed by atoms with Gasteiger partial charge in [-0.1, -0.05) is 38.1 Å². The van der Waals surface area contributed by atoms with Crippen molar-refractivity contribution in [1.29, 1.82) is 0 Å². The van der Waals surface area contributed by atoms with Crippen LogP contribution in [0.1, 0.15) is 44.7 Å². The number of nitrogen functional groups attached to an aromatic ring is 1. The van der Waals surface area contributed by atoms with E-state index in [0.29, 0.717) is 17.9 Å². The van der Waals surface area contributed by atoms with Gasteiger partial charge in [0, 0.05) is 11.3 Å². The summed E-state index contributed by atoms with van der Waals surface area (Å²) in [5.74, 6) is -0.430. The van der Waals surface area contributed by atoms with Gasteiger partial charge in [-0.3, -0.25) is 4.79 Å². The average Bonchev–Trinajstić information content (AvgIpc) is 2.71. The number of amidine groups is 1. The average molecular weight is 440 g/mol.